The fourth-order valence-corrected chi connectivity index (χ4v) is 1.68. The zero-order valence-electron chi connectivity index (χ0n) is 9.82. The summed E-state index contributed by atoms with van der Waals surface area (Å²) in [6.07, 6.45) is 6.49. The minimum Gasteiger partial charge on any atom is -0.481 e. The molecular weight excluding hydrogens is 252 g/mol. The summed E-state index contributed by atoms with van der Waals surface area (Å²) in [5, 5.41) is 8.65. The average molecular weight is 267 g/mol. The average Bonchev–Trinajstić information content (AvgIpc) is 2.80. The predicted octanol–water partition coefficient (Wildman–Crippen LogP) is 2.17. The number of carboxylic acid groups (broad SMARTS) is 1. The topological polar surface area (TPSA) is 55.1 Å². The van der Waals surface area contributed by atoms with Gasteiger partial charge in [0.1, 0.15) is 0 Å². The predicted molar refractivity (Wildman–Crippen MR) is 71.0 cm³/mol. The van der Waals surface area contributed by atoms with Crippen LogP contribution in [0.15, 0.2) is 43.0 Å². The van der Waals surface area contributed by atoms with Crippen molar-refractivity contribution in [2.75, 3.05) is 0 Å². The number of nitrogens with zero attached hydrogens (tertiary/aromatic N) is 2. The molecule has 1 N–H and O–H groups in total. The molecule has 0 aliphatic rings. The standard InChI is InChI=1S/C13H14N2O2.ClH/c16-13(17)9-12-3-1-11(2-4-12)5-7-15-8-6-14-10-15;/h1-4,6,8,10H,5,7,9H2,(H,16,17);1H. The SMILES string of the molecule is Cl.O=C(O)Cc1ccc(CCn2ccnc2)cc1. The first kappa shape index (κ1) is 14.3. The third-order valence-electron chi connectivity index (χ3n) is 2.60. The van der Waals surface area contributed by atoms with Gasteiger partial charge in [-0.2, -0.15) is 0 Å². The number of hydrogen-bond donors (Lipinski definition) is 1. The summed E-state index contributed by atoms with van der Waals surface area (Å²) in [5.74, 6) is -0.795. The van der Waals surface area contributed by atoms with Crippen LogP contribution >= 0.6 is 12.4 Å². The molecule has 5 heteroatoms. The van der Waals surface area contributed by atoms with Crippen LogP contribution in [0.1, 0.15) is 11.1 Å². The highest BCUT2D eigenvalue weighted by Crippen LogP contribution is 2.07. The third kappa shape index (κ3) is 4.22. The van der Waals surface area contributed by atoms with E-state index in [1.807, 2.05) is 35.0 Å². The fourth-order valence-electron chi connectivity index (χ4n) is 1.68. The van der Waals surface area contributed by atoms with E-state index in [1.165, 1.54) is 5.56 Å². The second kappa shape index (κ2) is 6.81. The lowest BCUT2D eigenvalue weighted by Gasteiger charge is -2.03. The molecule has 2 aromatic rings. The number of hydrogen-bond acceptors (Lipinski definition) is 2. The normalized spacial score (nSPS) is 9.78. The summed E-state index contributed by atoms with van der Waals surface area (Å²) >= 11 is 0. The van der Waals surface area contributed by atoms with Crippen molar-refractivity contribution in [3.05, 3.63) is 54.1 Å². The second-order valence-corrected chi connectivity index (χ2v) is 3.94. The minimum absolute atomic E-state index is 0. The van der Waals surface area contributed by atoms with Crippen LogP contribution in [0.3, 0.4) is 0 Å². The Morgan fingerprint density at radius 1 is 1.22 bits per heavy atom. The van der Waals surface area contributed by atoms with Crippen LogP contribution in [0.4, 0.5) is 0 Å². The molecule has 0 atom stereocenters. The Labute approximate surface area is 112 Å². The Bertz CT molecular complexity index is 480. The van der Waals surface area contributed by atoms with E-state index in [0.717, 1.165) is 18.5 Å². The number of benzene rings is 1. The lowest BCUT2D eigenvalue weighted by molar-refractivity contribution is -0.136. The summed E-state index contributed by atoms with van der Waals surface area (Å²) in [7, 11) is 0. The number of aryl methyl sites for hydroxylation is 2. The van der Waals surface area contributed by atoms with Gasteiger partial charge in [-0.1, -0.05) is 24.3 Å². The first-order valence-corrected chi connectivity index (χ1v) is 5.49. The molecule has 0 saturated heterocycles. The summed E-state index contributed by atoms with van der Waals surface area (Å²) in [6.45, 7) is 0.887. The van der Waals surface area contributed by atoms with Crippen LogP contribution in [-0.2, 0) is 24.2 Å². The largest absolute Gasteiger partial charge is 0.481 e. The summed E-state index contributed by atoms with van der Waals surface area (Å²) in [6, 6.07) is 7.71. The molecule has 4 nitrogen and oxygen atoms in total. The maximum Gasteiger partial charge on any atom is 0.307 e. The van der Waals surface area contributed by atoms with E-state index in [4.69, 9.17) is 5.11 Å². The van der Waals surface area contributed by atoms with Crippen molar-refractivity contribution in [1.82, 2.24) is 9.55 Å². The molecule has 2 rings (SSSR count). The molecule has 1 aromatic carbocycles. The summed E-state index contributed by atoms with van der Waals surface area (Å²) in [5.41, 5.74) is 2.04. The van der Waals surface area contributed by atoms with Crippen LogP contribution in [0, 0.1) is 0 Å². The Kier molecular flexibility index (Phi) is 5.39. The zero-order chi connectivity index (χ0) is 12.1. The van der Waals surface area contributed by atoms with E-state index in [-0.39, 0.29) is 18.8 Å². The van der Waals surface area contributed by atoms with E-state index in [1.54, 1.807) is 12.5 Å². The van der Waals surface area contributed by atoms with Gasteiger partial charge in [0.25, 0.3) is 0 Å². The molecule has 0 aliphatic carbocycles. The first-order valence-electron chi connectivity index (χ1n) is 5.49. The molecule has 96 valence electrons. The number of carbonyl (C=O) groups is 1. The highest BCUT2D eigenvalue weighted by Gasteiger charge is 2.00. The van der Waals surface area contributed by atoms with E-state index < -0.39 is 5.97 Å². The van der Waals surface area contributed by atoms with Gasteiger partial charge in [0.05, 0.1) is 12.7 Å². The van der Waals surface area contributed by atoms with Gasteiger partial charge in [-0.3, -0.25) is 4.79 Å². The van der Waals surface area contributed by atoms with E-state index in [9.17, 15) is 4.79 Å². The number of carboxylic acids is 1. The van der Waals surface area contributed by atoms with Gasteiger partial charge in [-0.05, 0) is 17.5 Å². The highest BCUT2D eigenvalue weighted by molar-refractivity contribution is 5.85. The molecule has 0 fully saturated rings. The molecule has 1 heterocycles. The maximum atomic E-state index is 10.5. The molecular formula is C13H15ClN2O2. The monoisotopic (exact) mass is 266 g/mol. The van der Waals surface area contributed by atoms with Gasteiger partial charge >= 0.3 is 5.97 Å². The van der Waals surface area contributed by atoms with Crippen molar-refractivity contribution < 1.29 is 9.90 Å². The number of aliphatic carboxylic acids is 1. The quantitative estimate of drug-likeness (QED) is 0.902. The van der Waals surface area contributed by atoms with Gasteiger partial charge in [-0.15, -0.1) is 12.4 Å². The molecule has 0 unspecified atom stereocenters. The van der Waals surface area contributed by atoms with Gasteiger partial charge in [0.2, 0.25) is 0 Å². The van der Waals surface area contributed by atoms with Crippen LogP contribution in [-0.4, -0.2) is 20.6 Å². The van der Waals surface area contributed by atoms with Gasteiger partial charge in [0.15, 0.2) is 0 Å². The number of aromatic nitrogens is 2. The second-order valence-electron chi connectivity index (χ2n) is 3.94. The molecule has 0 radical (unpaired) electrons. The van der Waals surface area contributed by atoms with E-state index >= 15 is 0 Å². The Hall–Kier alpha value is -1.81. The molecule has 0 bridgehead atoms. The number of imidazole rings is 1. The Morgan fingerprint density at radius 3 is 2.44 bits per heavy atom. The van der Waals surface area contributed by atoms with Gasteiger partial charge in [-0.25, -0.2) is 4.98 Å². The Morgan fingerprint density at radius 2 is 1.89 bits per heavy atom. The Balaban J connectivity index is 0.00000162. The van der Waals surface area contributed by atoms with Crippen molar-refractivity contribution in [3.8, 4) is 0 Å². The molecule has 0 amide bonds. The lowest BCUT2D eigenvalue weighted by atomic mass is 10.1. The third-order valence-corrected chi connectivity index (χ3v) is 2.60. The summed E-state index contributed by atoms with van der Waals surface area (Å²) < 4.78 is 2.02. The molecule has 18 heavy (non-hydrogen) atoms. The van der Waals surface area contributed by atoms with Crippen molar-refractivity contribution in [1.29, 1.82) is 0 Å². The molecule has 0 spiro atoms. The molecule has 0 saturated carbocycles. The van der Waals surface area contributed by atoms with Crippen LogP contribution in [0.2, 0.25) is 0 Å². The maximum absolute atomic E-state index is 10.5. The first-order chi connectivity index (χ1) is 8.24. The van der Waals surface area contributed by atoms with Crippen molar-refractivity contribution in [2.24, 2.45) is 0 Å². The van der Waals surface area contributed by atoms with E-state index in [0.29, 0.717) is 0 Å². The van der Waals surface area contributed by atoms with Gasteiger partial charge in [0, 0.05) is 18.9 Å². The van der Waals surface area contributed by atoms with Crippen LogP contribution < -0.4 is 0 Å². The molecule has 0 aliphatic heterocycles. The fraction of sp³-hybridized carbons (Fsp3) is 0.231. The minimum atomic E-state index is -0.795. The van der Waals surface area contributed by atoms with Crippen LogP contribution in [0.25, 0.3) is 0 Å². The molecule has 1 aromatic heterocycles. The number of halogens is 1. The van der Waals surface area contributed by atoms with E-state index in [2.05, 4.69) is 4.98 Å². The zero-order valence-corrected chi connectivity index (χ0v) is 10.6. The number of rotatable bonds is 5. The highest BCUT2D eigenvalue weighted by atomic mass is 35.5. The van der Waals surface area contributed by atoms with Gasteiger partial charge < -0.3 is 9.67 Å². The van der Waals surface area contributed by atoms with Crippen molar-refractivity contribution >= 4 is 18.4 Å². The van der Waals surface area contributed by atoms with Crippen molar-refractivity contribution in [3.63, 3.8) is 0 Å². The lowest BCUT2D eigenvalue weighted by Crippen LogP contribution is -2.01. The summed E-state index contributed by atoms with van der Waals surface area (Å²) in [4.78, 5) is 14.5. The smallest absolute Gasteiger partial charge is 0.307 e. The van der Waals surface area contributed by atoms with Crippen molar-refractivity contribution in [2.45, 2.75) is 19.4 Å². The van der Waals surface area contributed by atoms with Crippen LogP contribution in [0.5, 0.6) is 0 Å².